The molecular weight excluding hydrogens is 1350 g/mol. The highest BCUT2D eigenvalue weighted by Gasteiger charge is 2.17. The van der Waals surface area contributed by atoms with Crippen LogP contribution < -0.4 is 10.2 Å². The number of aromatic nitrogens is 2. The fourth-order valence-electron chi connectivity index (χ4n) is 13.8. The maximum absolute atomic E-state index is 3.51. The van der Waals surface area contributed by atoms with Crippen molar-refractivity contribution in [1.29, 1.82) is 0 Å². The Bertz CT molecular complexity index is 5650. The molecular formula is C101H77BrN4. The number of halogens is 1. The molecule has 0 atom stereocenters. The normalized spacial score (nSPS) is 10.8. The molecule has 0 unspecified atom stereocenters. The molecule has 508 valence electrons. The summed E-state index contributed by atoms with van der Waals surface area (Å²) in [6, 6.07) is 155. The van der Waals surface area contributed by atoms with Crippen molar-refractivity contribution in [2.24, 2.45) is 0 Å². The molecule has 4 nitrogen and oxygen atoms in total. The Labute approximate surface area is 630 Å². The van der Waals surface area contributed by atoms with Gasteiger partial charge in [-0.25, -0.2) is 0 Å². The minimum atomic E-state index is 0. The number of benzene rings is 16. The van der Waals surface area contributed by atoms with Crippen LogP contribution >= 0.6 is 15.9 Å². The monoisotopic (exact) mass is 1420 g/mol. The van der Waals surface area contributed by atoms with Crippen molar-refractivity contribution in [2.45, 2.75) is 7.43 Å². The third-order valence-electron chi connectivity index (χ3n) is 19.2. The molecule has 1 N–H and O–H groups in total. The van der Waals surface area contributed by atoms with E-state index in [4.69, 9.17) is 0 Å². The number of hydrogen-bond acceptors (Lipinski definition) is 2. The molecule has 0 saturated heterocycles. The zero-order valence-corrected chi connectivity index (χ0v) is 59.4. The highest BCUT2D eigenvalue weighted by Crippen LogP contribution is 2.40. The van der Waals surface area contributed by atoms with Crippen molar-refractivity contribution in [3.05, 3.63) is 441 Å². The molecule has 0 aliphatic carbocycles. The van der Waals surface area contributed by atoms with Crippen molar-refractivity contribution >= 4 is 66.2 Å². The highest BCUT2D eigenvalue weighted by atomic mass is 79.9. The molecule has 0 aliphatic heterocycles. The van der Waals surface area contributed by atoms with Gasteiger partial charge in [0.1, 0.15) is 0 Å². The van der Waals surface area contributed by atoms with Gasteiger partial charge in [-0.2, -0.15) is 0 Å². The highest BCUT2D eigenvalue weighted by molar-refractivity contribution is 9.10. The Balaban J connectivity index is 0.000000140. The van der Waals surface area contributed by atoms with Crippen LogP contribution in [0.25, 0.3) is 122 Å². The summed E-state index contributed by atoms with van der Waals surface area (Å²) in [6.45, 7) is 0. The quantitative estimate of drug-likeness (QED) is 0.111. The van der Waals surface area contributed by atoms with Crippen LogP contribution in [0.15, 0.2) is 441 Å². The van der Waals surface area contributed by atoms with Crippen LogP contribution in [0.1, 0.15) is 7.43 Å². The Morgan fingerprint density at radius 3 is 0.708 bits per heavy atom. The van der Waals surface area contributed by atoms with Crippen molar-refractivity contribution < 1.29 is 0 Å². The fourth-order valence-corrected chi connectivity index (χ4v) is 14.1. The number of hydrogen-bond donors (Lipinski definition) is 1. The molecule has 0 radical (unpaired) electrons. The molecule has 0 amide bonds. The van der Waals surface area contributed by atoms with Crippen LogP contribution in [0.2, 0.25) is 0 Å². The lowest BCUT2D eigenvalue weighted by Crippen LogP contribution is -2.09. The lowest BCUT2D eigenvalue weighted by Gasteiger charge is -2.26. The molecule has 18 rings (SSSR count). The smallest absolute Gasteiger partial charge is 0.0540 e. The molecule has 2 aromatic heterocycles. The number of nitrogens with zero attached hydrogens (tertiary/aromatic N) is 3. The van der Waals surface area contributed by atoms with E-state index >= 15 is 0 Å². The van der Waals surface area contributed by atoms with Gasteiger partial charge in [0.2, 0.25) is 0 Å². The summed E-state index contributed by atoms with van der Waals surface area (Å²) in [5, 5.41) is 5.94. The van der Waals surface area contributed by atoms with Crippen LogP contribution in [0.3, 0.4) is 0 Å². The summed E-state index contributed by atoms with van der Waals surface area (Å²) >= 11 is 3.51. The van der Waals surface area contributed by atoms with Crippen molar-refractivity contribution in [2.75, 3.05) is 10.2 Å². The topological polar surface area (TPSA) is 25.1 Å². The molecule has 16 aromatic carbocycles. The van der Waals surface area contributed by atoms with Crippen LogP contribution in [0.4, 0.5) is 28.4 Å². The Hall–Kier alpha value is -13.3. The van der Waals surface area contributed by atoms with Crippen LogP contribution in [-0.2, 0) is 0 Å². The average Bonchev–Trinajstić information content (AvgIpc) is 1.64. The maximum Gasteiger partial charge on any atom is 0.0540 e. The van der Waals surface area contributed by atoms with E-state index in [9.17, 15) is 0 Å². The van der Waals surface area contributed by atoms with Crippen LogP contribution in [0.5, 0.6) is 0 Å². The van der Waals surface area contributed by atoms with E-state index in [1.807, 2.05) is 12.1 Å². The van der Waals surface area contributed by atoms with Gasteiger partial charge in [-0.15, -0.1) is 0 Å². The Morgan fingerprint density at radius 1 is 0.208 bits per heavy atom. The van der Waals surface area contributed by atoms with E-state index < -0.39 is 0 Å². The number of anilines is 5. The summed E-state index contributed by atoms with van der Waals surface area (Å²) in [5.41, 5.74) is 29.6. The summed E-state index contributed by atoms with van der Waals surface area (Å²) in [6.07, 6.45) is 0. The van der Waals surface area contributed by atoms with Gasteiger partial charge >= 0.3 is 0 Å². The standard InChI is InChI=1S/C50H36N2.C26H18BrN.C24H19N.CH4/c1-4-12-37(13-5-1)39-20-28-45(29-21-39)51(46-30-22-40(23-31-46)38-14-6-2-7-15-38)47-32-24-41(25-33-47)42-26-34-48(35-27-42)52-49-19-11-10-18-44(49)36-50(52)43-16-8-3-9-17-43;27-23-14-10-19(11-15-23)20-12-16-24(17-13-20)28-25-9-5-4-8-22(25)18-26(28)21-6-2-1-3-7-21;1-3-7-19(8-4-1)21-11-15-23(16-12-21)25-24-17-13-22(14-18-24)20-9-5-2-6-10-20;/h1-36H;1-18H;1-18,25H;1H4. The van der Waals surface area contributed by atoms with Crippen molar-refractivity contribution in [1.82, 2.24) is 9.13 Å². The third kappa shape index (κ3) is 15.5. The number of para-hydroxylation sites is 2. The summed E-state index contributed by atoms with van der Waals surface area (Å²) in [5.74, 6) is 0. The third-order valence-corrected chi connectivity index (χ3v) is 19.7. The minimum Gasteiger partial charge on any atom is -0.356 e. The molecule has 0 spiro atoms. The predicted octanol–water partition coefficient (Wildman–Crippen LogP) is 28.9. The van der Waals surface area contributed by atoms with E-state index in [0.29, 0.717) is 0 Å². The van der Waals surface area contributed by atoms with E-state index in [1.54, 1.807) is 0 Å². The van der Waals surface area contributed by atoms with Gasteiger partial charge in [0, 0.05) is 55.1 Å². The lowest BCUT2D eigenvalue weighted by molar-refractivity contribution is 1.13. The fraction of sp³-hybridized carbons (Fsp3) is 0.00990. The van der Waals surface area contributed by atoms with Gasteiger partial charge in [-0.1, -0.05) is 339 Å². The molecule has 0 bridgehead atoms. The first-order chi connectivity index (χ1) is 52.0. The largest absolute Gasteiger partial charge is 0.356 e. The first kappa shape index (κ1) is 68.4. The first-order valence-electron chi connectivity index (χ1n) is 35.5. The van der Waals surface area contributed by atoms with Gasteiger partial charge in [-0.05, 0) is 199 Å². The van der Waals surface area contributed by atoms with Crippen molar-refractivity contribution in [3.8, 4) is 101 Å². The molecule has 2 heterocycles. The number of rotatable bonds is 15. The SMILES string of the molecule is Brc1ccc(-c2ccc(-n3c(-c4ccccc4)cc4ccccc43)cc2)cc1.C.c1ccc(-c2ccc(N(c3ccc(-c4ccccc4)cc3)c3ccc(-c4ccc(-n5c(-c6ccccc6)cc6ccccc65)cc4)cc3)cc2)cc1.c1ccc(-c2ccc(Nc3ccc(-c4ccccc4)cc3)cc2)cc1. The van der Waals surface area contributed by atoms with Crippen molar-refractivity contribution in [3.63, 3.8) is 0 Å². The zero-order valence-electron chi connectivity index (χ0n) is 57.8. The van der Waals surface area contributed by atoms with Crippen LogP contribution in [-0.4, -0.2) is 9.13 Å². The van der Waals surface area contributed by atoms with E-state index in [0.717, 1.165) is 38.6 Å². The van der Waals surface area contributed by atoms with Crippen LogP contribution in [0, 0.1) is 0 Å². The Kier molecular flexibility index (Phi) is 20.9. The second-order valence-corrected chi connectivity index (χ2v) is 26.8. The van der Waals surface area contributed by atoms with Gasteiger partial charge < -0.3 is 19.4 Å². The summed E-state index contributed by atoms with van der Waals surface area (Å²) in [7, 11) is 0. The number of nitrogens with one attached hydrogen (secondary N) is 1. The van der Waals surface area contributed by atoms with E-state index in [1.165, 1.54) is 117 Å². The minimum absolute atomic E-state index is 0. The molecule has 0 aliphatic rings. The second-order valence-electron chi connectivity index (χ2n) is 25.9. The predicted molar refractivity (Wildman–Crippen MR) is 455 cm³/mol. The van der Waals surface area contributed by atoms with Gasteiger partial charge in [0.15, 0.2) is 0 Å². The maximum atomic E-state index is 3.51. The lowest BCUT2D eigenvalue weighted by atomic mass is 10.0. The molecule has 0 fully saturated rings. The number of fused-ring (bicyclic) bond motifs is 2. The Morgan fingerprint density at radius 2 is 0.425 bits per heavy atom. The molecule has 5 heteroatoms. The van der Waals surface area contributed by atoms with E-state index in [-0.39, 0.29) is 7.43 Å². The first-order valence-corrected chi connectivity index (χ1v) is 36.3. The summed E-state index contributed by atoms with van der Waals surface area (Å²) < 4.78 is 5.80. The van der Waals surface area contributed by atoms with E-state index in [2.05, 4.69) is 460 Å². The average molecular weight is 1430 g/mol. The second kappa shape index (κ2) is 32.3. The van der Waals surface area contributed by atoms with Gasteiger partial charge in [0.05, 0.1) is 22.4 Å². The molecule has 0 saturated carbocycles. The molecule has 18 aromatic rings. The van der Waals surface area contributed by atoms with Gasteiger partial charge in [0.25, 0.3) is 0 Å². The molecule has 106 heavy (non-hydrogen) atoms. The van der Waals surface area contributed by atoms with Gasteiger partial charge in [-0.3, -0.25) is 0 Å². The zero-order chi connectivity index (χ0) is 70.5. The summed E-state index contributed by atoms with van der Waals surface area (Å²) in [4.78, 5) is 2.33.